The fraction of sp³-hybridized carbons (Fsp3) is 0.0909. The number of benzene rings is 10. The molecule has 14 rings (SSSR count). The van der Waals surface area contributed by atoms with Gasteiger partial charge >= 0.3 is 0 Å². The van der Waals surface area contributed by atoms with E-state index in [1.807, 2.05) is 11.3 Å². The highest BCUT2D eigenvalue weighted by atomic mass is 32.1. The van der Waals surface area contributed by atoms with Crippen LogP contribution < -0.4 is 4.90 Å². The van der Waals surface area contributed by atoms with Crippen molar-refractivity contribution in [2.45, 2.75) is 37.0 Å². The maximum absolute atomic E-state index is 2.56. The van der Waals surface area contributed by atoms with E-state index in [-0.39, 0.29) is 11.3 Å². The van der Waals surface area contributed by atoms with E-state index < -0.39 is 5.41 Å². The number of fused-ring (bicyclic) bond motifs is 15. The molecule has 1 unspecified atom stereocenters. The van der Waals surface area contributed by atoms with Crippen LogP contribution in [0.5, 0.6) is 0 Å². The van der Waals surface area contributed by atoms with Gasteiger partial charge in [0.15, 0.2) is 0 Å². The van der Waals surface area contributed by atoms with Crippen LogP contribution in [-0.4, -0.2) is 0 Å². The standard InChI is InChI=1S/C66H47NS/c1-65(2)55-24-9-6-19-48(55)50-37-31-42(40-60(50)65)39-53(44-34-32-43(33-35-44)47-22-16-23-52-51-21-8-15-30-63(51)68-64(47)52)45-36-38-57-54(41-45)49-20-7-10-25-56(49)66(57)58-26-11-13-28-61(58)67(46-17-4-3-5-18-46)62-29-14-12-27-59(62)66/h3-38,40-41,53H,39H2,1-2H3. The zero-order valence-corrected chi connectivity index (χ0v) is 38.9. The molecule has 2 heterocycles. The summed E-state index contributed by atoms with van der Waals surface area (Å²) in [6, 6.07) is 87.2. The van der Waals surface area contributed by atoms with Crippen LogP contribution in [0, 0.1) is 0 Å². The minimum absolute atomic E-state index is 0.0685. The highest BCUT2D eigenvalue weighted by molar-refractivity contribution is 7.26. The van der Waals surface area contributed by atoms with Crippen LogP contribution in [0.2, 0.25) is 0 Å². The van der Waals surface area contributed by atoms with Gasteiger partial charge in [-0.3, -0.25) is 0 Å². The van der Waals surface area contributed by atoms with Gasteiger partial charge in [-0.2, -0.15) is 0 Å². The van der Waals surface area contributed by atoms with Gasteiger partial charge < -0.3 is 4.90 Å². The van der Waals surface area contributed by atoms with Crippen molar-refractivity contribution in [1.29, 1.82) is 0 Å². The molecule has 0 amide bonds. The van der Waals surface area contributed by atoms with Crippen LogP contribution in [0.25, 0.3) is 53.6 Å². The minimum Gasteiger partial charge on any atom is -0.310 e. The molecule has 11 aromatic rings. The molecule has 10 aromatic carbocycles. The first-order valence-electron chi connectivity index (χ1n) is 24.0. The number of hydrogen-bond donors (Lipinski definition) is 0. The van der Waals surface area contributed by atoms with E-state index in [9.17, 15) is 0 Å². The van der Waals surface area contributed by atoms with Crippen molar-refractivity contribution in [1.82, 2.24) is 0 Å². The molecule has 3 aliphatic rings. The number of thiophene rings is 1. The van der Waals surface area contributed by atoms with E-state index in [1.54, 1.807) is 0 Å². The van der Waals surface area contributed by atoms with E-state index >= 15 is 0 Å². The Balaban J connectivity index is 0.941. The number of para-hydroxylation sites is 3. The van der Waals surface area contributed by atoms with E-state index in [4.69, 9.17) is 0 Å². The molecule has 0 saturated heterocycles. The molecule has 0 N–H and O–H groups in total. The number of nitrogens with zero attached hydrogens (tertiary/aromatic N) is 1. The zero-order valence-electron chi connectivity index (χ0n) is 38.1. The van der Waals surface area contributed by atoms with Gasteiger partial charge in [-0.05, 0) is 120 Å². The molecule has 0 bridgehead atoms. The van der Waals surface area contributed by atoms with Crippen LogP contribution in [0.4, 0.5) is 17.1 Å². The average molecular weight is 886 g/mol. The lowest BCUT2D eigenvalue weighted by molar-refractivity contribution is 0.658. The van der Waals surface area contributed by atoms with E-state index in [0.717, 1.165) is 12.1 Å². The smallest absolute Gasteiger partial charge is 0.0754 e. The third kappa shape index (κ3) is 5.56. The van der Waals surface area contributed by atoms with Gasteiger partial charge in [0.1, 0.15) is 0 Å². The zero-order chi connectivity index (χ0) is 45.1. The predicted molar refractivity (Wildman–Crippen MR) is 286 cm³/mol. The Morgan fingerprint density at radius 1 is 0.412 bits per heavy atom. The van der Waals surface area contributed by atoms with Crippen LogP contribution in [0.15, 0.2) is 231 Å². The van der Waals surface area contributed by atoms with Crippen LogP contribution in [-0.2, 0) is 17.3 Å². The van der Waals surface area contributed by atoms with Crippen molar-refractivity contribution in [2.75, 3.05) is 4.90 Å². The van der Waals surface area contributed by atoms with E-state index in [2.05, 4.69) is 249 Å². The molecule has 0 saturated carbocycles. The molecule has 1 aromatic heterocycles. The summed E-state index contributed by atoms with van der Waals surface area (Å²) in [7, 11) is 0. The first-order chi connectivity index (χ1) is 33.5. The van der Waals surface area contributed by atoms with Crippen LogP contribution in [0.3, 0.4) is 0 Å². The van der Waals surface area contributed by atoms with Gasteiger partial charge in [0.2, 0.25) is 0 Å². The molecule has 2 heteroatoms. The molecular weight excluding hydrogens is 839 g/mol. The Hall–Kier alpha value is -7.78. The molecular formula is C66H47NS. The second-order valence-corrected chi connectivity index (χ2v) is 20.6. The van der Waals surface area contributed by atoms with Gasteiger partial charge in [0.25, 0.3) is 0 Å². The highest BCUT2D eigenvalue weighted by Gasteiger charge is 2.51. The summed E-state index contributed by atoms with van der Waals surface area (Å²) in [5, 5.41) is 2.67. The SMILES string of the molecule is CC1(C)c2ccccc2-c2ccc(CC(c3ccc(-c4cccc5c4sc4ccccc45)cc3)c3ccc4c(c3)-c3ccccc3C43c4ccccc4N(c4ccccc4)c4ccccc43)cc21. The third-order valence-electron chi connectivity index (χ3n) is 15.7. The van der Waals surface area contributed by atoms with Crippen LogP contribution in [0.1, 0.15) is 69.8 Å². The van der Waals surface area contributed by atoms with Gasteiger partial charge in [0, 0.05) is 37.2 Å². The molecule has 1 nitrogen and oxygen atoms in total. The Morgan fingerprint density at radius 2 is 0.985 bits per heavy atom. The average Bonchev–Trinajstić information content (AvgIpc) is 4.00. The van der Waals surface area contributed by atoms with Gasteiger partial charge in [-0.1, -0.05) is 214 Å². The molecule has 0 radical (unpaired) electrons. The Labute approximate surface area is 402 Å². The molecule has 2 aliphatic carbocycles. The summed E-state index contributed by atoms with van der Waals surface area (Å²) in [4.78, 5) is 2.46. The van der Waals surface area contributed by atoms with Gasteiger partial charge in [-0.25, -0.2) is 0 Å². The summed E-state index contributed by atoms with van der Waals surface area (Å²) in [5.74, 6) is 0.114. The highest BCUT2D eigenvalue weighted by Crippen LogP contribution is 2.63. The van der Waals surface area contributed by atoms with Gasteiger partial charge in [-0.15, -0.1) is 11.3 Å². The lowest BCUT2D eigenvalue weighted by Crippen LogP contribution is -2.36. The maximum atomic E-state index is 2.56. The molecule has 68 heavy (non-hydrogen) atoms. The normalized spacial score (nSPS) is 14.8. The quantitative estimate of drug-likeness (QED) is 0.161. The van der Waals surface area contributed by atoms with Crippen LogP contribution >= 0.6 is 11.3 Å². The third-order valence-corrected chi connectivity index (χ3v) is 16.9. The fourth-order valence-electron chi connectivity index (χ4n) is 12.6. The Bertz CT molecular complexity index is 3770. The second kappa shape index (κ2) is 14.9. The van der Waals surface area contributed by atoms with Crippen molar-refractivity contribution in [3.63, 3.8) is 0 Å². The fourth-order valence-corrected chi connectivity index (χ4v) is 13.9. The van der Waals surface area contributed by atoms with Crippen molar-refractivity contribution < 1.29 is 0 Å². The monoisotopic (exact) mass is 885 g/mol. The first kappa shape index (κ1) is 39.4. The van der Waals surface area contributed by atoms with E-state index in [0.29, 0.717) is 0 Å². The van der Waals surface area contributed by atoms with Crippen molar-refractivity contribution in [3.8, 4) is 33.4 Å². The maximum Gasteiger partial charge on any atom is 0.0754 e. The van der Waals surface area contributed by atoms with E-state index in [1.165, 1.54) is 115 Å². The predicted octanol–water partition coefficient (Wildman–Crippen LogP) is 17.5. The summed E-state index contributed by atoms with van der Waals surface area (Å²) in [6.07, 6.45) is 0.883. The summed E-state index contributed by atoms with van der Waals surface area (Å²) >= 11 is 1.90. The molecule has 322 valence electrons. The minimum atomic E-state index is -0.492. The lowest BCUT2D eigenvalue weighted by Gasteiger charge is -2.45. The summed E-state index contributed by atoms with van der Waals surface area (Å²) < 4.78 is 2.68. The number of rotatable bonds is 6. The first-order valence-corrected chi connectivity index (χ1v) is 24.8. The summed E-state index contributed by atoms with van der Waals surface area (Å²) in [6.45, 7) is 4.78. The largest absolute Gasteiger partial charge is 0.310 e. The lowest BCUT2D eigenvalue weighted by atomic mass is 9.64. The Morgan fingerprint density at radius 3 is 1.75 bits per heavy atom. The number of hydrogen-bond acceptors (Lipinski definition) is 2. The number of anilines is 3. The summed E-state index contributed by atoms with van der Waals surface area (Å²) in [5.41, 5.74) is 23.1. The van der Waals surface area contributed by atoms with Gasteiger partial charge in [0.05, 0.1) is 16.8 Å². The van der Waals surface area contributed by atoms with Crippen molar-refractivity contribution >= 4 is 48.6 Å². The molecule has 1 atom stereocenters. The molecule has 1 aliphatic heterocycles. The van der Waals surface area contributed by atoms with Crippen molar-refractivity contribution in [2.24, 2.45) is 0 Å². The molecule has 0 fully saturated rings. The molecule has 1 spiro atoms. The Kier molecular flexibility index (Phi) is 8.61. The van der Waals surface area contributed by atoms with Crippen molar-refractivity contribution in [3.05, 3.63) is 281 Å². The topological polar surface area (TPSA) is 3.24 Å². The second-order valence-electron chi connectivity index (χ2n) is 19.5.